The van der Waals surface area contributed by atoms with Crippen LogP contribution < -0.4 is 15.6 Å². The number of anilines is 1. The Bertz CT molecular complexity index is 1220. The molecule has 2 aliphatic heterocycles. The molecule has 1 aromatic heterocycles. The molecule has 7 nitrogen and oxygen atoms in total. The number of nitrogens with one attached hydrogen (secondary N) is 1. The van der Waals surface area contributed by atoms with Crippen LogP contribution >= 0.6 is 0 Å². The molecule has 2 aliphatic rings. The zero-order valence-electron chi connectivity index (χ0n) is 18.1. The van der Waals surface area contributed by atoms with E-state index in [-0.39, 0.29) is 35.8 Å². The first-order valence-corrected chi connectivity index (χ1v) is 11.1. The Morgan fingerprint density at radius 1 is 0.909 bits per heavy atom. The lowest BCUT2D eigenvalue weighted by Crippen LogP contribution is -2.50. The predicted octanol–water partition coefficient (Wildman–Crippen LogP) is 3.13. The summed E-state index contributed by atoms with van der Waals surface area (Å²) in [6.07, 6.45) is 0.876. The summed E-state index contributed by atoms with van der Waals surface area (Å²) in [5.41, 5.74) is 1.89. The first-order valence-electron chi connectivity index (χ1n) is 11.1. The van der Waals surface area contributed by atoms with Crippen molar-refractivity contribution in [2.45, 2.75) is 18.9 Å². The molecule has 0 aliphatic carbocycles. The SMILES string of the molecule is O=C(Nc1ccc(=O)n2c1C1CC(CN(C(=O)COc3ccccc3)C1)C2)c1ccccc1. The Kier molecular flexibility index (Phi) is 5.69. The average Bonchev–Trinajstić information content (AvgIpc) is 2.85. The third kappa shape index (κ3) is 4.39. The molecular weight excluding hydrogens is 418 g/mol. The van der Waals surface area contributed by atoms with E-state index >= 15 is 0 Å². The van der Waals surface area contributed by atoms with Crippen molar-refractivity contribution >= 4 is 17.5 Å². The van der Waals surface area contributed by atoms with Crippen molar-refractivity contribution in [3.8, 4) is 5.75 Å². The standard InChI is InChI=1S/C26H25N3O4/c30-23-12-11-22(27-26(32)19-7-3-1-4-8-19)25-20-13-18(15-29(23)25)14-28(16-20)24(31)17-33-21-9-5-2-6-10-21/h1-12,18,20H,13-17H2,(H,27,32). The van der Waals surface area contributed by atoms with Crippen molar-refractivity contribution in [2.75, 3.05) is 25.0 Å². The lowest BCUT2D eigenvalue weighted by molar-refractivity contribution is -0.136. The summed E-state index contributed by atoms with van der Waals surface area (Å²) >= 11 is 0. The van der Waals surface area contributed by atoms with E-state index in [0.29, 0.717) is 36.6 Å². The summed E-state index contributed by atoms with van der Waals surface area (Å²) in [7, 11) is 0. The number of amides is 2. The van der Waals surface area contributed by atoms with Crippen LogP contribution in [0.2, 0.25) is 0 Å². The fourth-order valence-electron chi connectivity index (χ4n) is 4.86. The number of ether oxygens (including phenoxy) is 1. The Balaban J connectivity index is 1.36. The highest BCUT2D eigenvalue weighted by Crippen LogP contribution is 2.38. The van der Waals surface area contributed by atoms with Gasteiger partial charge in [0.15, 0.2) is 6.61 Å². The molecule has 5 rings (SSSR count). The van der Waals surface area contributed by atoms with Gasteiger partial charge in [-0.15, -0.1) is 0 Å². The Morgan fingerprint density at radius 3 is 2.39 bits per heavy atom. The van der Waals surface area contributed by atoms with E-state index in [2.05, 4.69) is 5.32 Å². The molecule has 3 heterocycles. The first-order chi connectivity index (χ1) is 16.1. The topological polar surface area (TPSA) is 80.6 Å². The summed E-state index contributed by atoms with van der Waals surface area (Å²) < 4.78 is 7.42. The third-order valence-corrected chi connectivity index (χ3v) is 6.33. The van der Waals surface area contributed by atoms with Crippen LogP contribution in [0, 0.1) is 5.92 Å². The van der Waals surface area contributed by atoms with Gasteiger partial charge in [0.1, 0.15) is 5.75 Å². The highest BCUT2D eigenvalue weighted by atomic mass is 16.5. The lowest BCUT2D eigenvalue weighted by Gasteiger charge is -2.43. The van der Waals surface area contributed by atoms with Gasteiger partial charge < -0.3 is 19.5 Å². The molecule has 1 saturated heterocycles. The number of benzene rings is 2. The number of aromatic nitrogens is 1. The molecule has 0 saturated carbocycles. The second kappa shape index (κ2) is 8.94. The van der Waals surface area contributed by atoms with Crippen LogP contribution in [0.1, 0.15) is 28.4 Å². The zero-order valence-corrected chi connectivity index (χ0v) is 18.1. The molecule has 2 bridgehead atoms. The van der Waals surface area contributed by atoms with Gasteiger partial charge >= 0.3 is 0 Å². The van der Waals surface area contributed by atoms with Crippen molar-refractivity contribution in [2.24, 2.45) is 5.92 Å². The van der Waals surface area contributed by atoms with E-state index in [1.807, 2.05) is 53.4 Å². The largest absolute Gasteiger partial charge is 0.484 e. The normalized spacial score (nSPS) is 18.8. The highest BCUT2D eigenvalue weighted by molar-refractivity contribution is 6.04. The summed E-state index contributed by atoms with van der Waals surface area (Å²) in [5.74, 6) is 0.521. The van der Waals surface area contributed by atoms with Crippen molar-refractivity contribution < 1.29 is 14.3 Å². The van der Waals surface area contributed by atoms with Gasteiger partial charge in [0.25, 0.3) is 17.4 Å². The van der Waals surface area contributed by atoms with Crippen LogP contribution in [0.5, 0.6) is 5.75 Å². The van der Waals surface area contributed by atoms with Gasteiger partial charge in [-0.05, 0) is 42.7 Å². The Labute approximate surface area is 191 Å². The second-order valence-electron chi connectivity index (χ2n) is 8.60. The van der Waals surface area contributed by atoms with E-state index in [1.165, 1.54) is 6.07 Å². The maximum absolute atomic E-state index is 12.9. The summed E-state index contributed by atoms with van der Waals surface area (Å²) in [6, 6.07) is 21.4. The molecule has 2 unspecified atom stereocenters. The fourth-order valence-corrected chi connectivity index (χ4v) is 4.86. The lowest BCUT2D eigenvalue weighted by atomic mass is 9.82. The van der Waals surface area contributed by atoms with Crippen molar-refractivity contribution in [1.82, 2.24) is 9.47 Å². The minimum absolute atomic E-state index is 0.0251. The molecule has 2 aromatic carbocycles. The predicted molar refractivity (Wildman–Crippen MR) is 124 cm³/mol. The van der Waals surface area contributed by atoms with Crippen molar-refractivity contribution in [3.05, 3.63) is 94.4 Å². The Hall–Kier alpha value is -3.87. The highest BCUT2D eigenvalue weighted by Gasteiger charge is 2.38. The van der Waals surface area contributed by atoms with E-state index in [9.17, 15) is 14.4 Å². The molecule has 2 amide bonds. The first kappa shape index (κ1) is 21.0. The van der Waals surface area contributed by atoms with E-state index < -0.39 is 0 Å². The molecular formula is C26H25N3O4. The van der Waals surface area contributed by atoms with E-state index in [1.54, 1.807) is 22.8 Å². The smallest absolute Gasteiger partial charge is 0.260 e. The summed E-state index contributed by atoms with van der Waals surface area (Å²) in [4.78, 5) is 40.1. The molecule has 168 valence electrons. The second-order valence-corrected chi connectivity index (χ2v) is 8.60. The summed E-state index contributed by atoms with van der Waals surface area (Å²) in [5, 5.41) is 2.98. The molecule has 1 fully saturated rings. The van der Waals surface area contributed by atoms with Gasteiger partial charge in [-0.3, -0.25) is 14.4 Å². The number of rotatable bonds is 5. The molecule has 33 heavy (non-hydrogen) atoms. The number of likely N-dealkylation sites (tertiary alicyclic amines) is 1. The third-order valence-electron chi connectivity index (χ3n) is 6.33. The van der Waals surface area contributed by atoms with Crippen LogP contribution in [0.3, 0.4) is 0 Å². The number of hydrogen-bond acceptors (Lipinski definition) is 4. The molecule has 0 radical (unpaired) electrons. The van der Waals surface area contributed by atoms with E-state index in [0.717, 1.165) is 12.1 Å². The minimum Gasteiger partial charge on any atom is -0.484 e. The number of nitrogens with zero attached hydrogens (tertiary/aromatic N) is 2. The maximum atomic E-state index is 12.9. The number of hydrogen-bond donors (Lipinski definition) is 1. The number of pyridine rings is 1. The number of fused-ring (bicyclic) bond motifs is 4. The van der Waals surface area contributed by atoms with Crippen LogP contribution in [-0.2, 0) is 11.3 Å². The maximum Gasteiger partial charge on any atom is 0.260 e. The number of para-hydroxylation sites is 1. The number of carbonyl (C=O) groups excluding carboxylic acids is 2. The Morgan fingerprint density at radius 2 is 1.64 bits per heavy atom. The number of carbonyl (C=O) groups is 2. The number of piperidine rings is 1. The van der Waals surface area contributed by atoms with Gasteiger partial charge in [-0.2, -0.15) is 0 Å². The van der Waals surface area contributed by atoms with E-state index in [4.69, 9.17) is 4.74 Å². The van der Waals surface area contributed by atoms with Gasteiger partial charge in [0.2, 0.25) is 0 Å². The fraction of sp³-hybridized carbons (Fsp3) is 0.269. The van der Waals surface area contributed by atoms with Crippen LogP contribution in [0.25, 0.3) is 0 Å². The quantitative estimate of drug-likeness (QED) is 0.657. The zero-order chi connectivity index (χ0) is 22.8. The average molecular weight is 444 g/mol. The summed E-state index contributed by atoms with van der Waals surface area (Å²) in [6.45, 7) is 1.59. The molecule has 0 spiro atoms. The van der Waals surface area contributed by atoms with Crippen LogP contribution in [0.15, 0.2) is 77.6 Å². The van der Waals surface area contributed by atoms with Gasteiger partial charge in [-0.1, -0.05) is 36.4 Å². The van der Waals surface area contributed by atoms with Crippen LogP contribution in [0.4, 0.5) is 5.69 Å². The van der Waals surface area contributed by atoms with Gasteiger partial charge in [0.05, 0.1) is 5.69 Å². The minimum atomic E-state index is -0.223. The molecule has 3 aromatic rings. The van der Waals surface area contributed by atoms with Crippen LogP contribution in [-0.4, -0.2) is 41.0 Å². The van der Waals surface area contributed by atoms with Crippen molar-refractivity contribution in [1.29, 1.82) is 0 Å². The van der Waals surface area contributed by atoms with Gasteiger partial charge in [0, 0.05) is 42.9 Å². The monoisotopic (exact) mass is 443 g/mol. The van der Waals surface area contributed by atoms with Gasteiger partial charge in [-0.25, -0.2) is 0 Å². The molecule has 2 atom stereocenters. The molecule has 1 N–H and O–H groups in total. The van der Waals surface area contributed by atoms with Crippen molar-refractivity contribution in [3.63, 3.8) is 0 Å². The molecule has 7 heteroatoms.